The van der Waals surface area contributed by atoms with E-state index in [0.29, 0.717) is 10.6 Å². The Balaban J connectivity index is 2.44. The number of benzene rings is 2. The van der Waals surface area contributed by atoms with Gasteiger partial charge in [0.15, 0.2) is 0 Å². The van der Waals surface area contributed by atoms with Crippen molar-refractivity contribution < 1.29 is 4.79 Å². The molecule has 1 nitrogen and oxygen atoms in total. The molecule has 0 aliphatic carbocycles. The van der Waals surface area contributed by atoms with Gasteiger partial charge >= 0.3 is 0 Å². The van der Waals surface area contributed by atoms with E-state index in [1.54, 1.807) is 12.1 Å². The highest BCUT2D eigenvalue weighted by Crippen LogP contribution is 2.22. The number of aryl methyl sites for hydroxylation is 1. The van der Waals surface area contributed by atoms with Crippen molar-refractivity contribution >= 4 is 23.1 Å². The van der Waals surface area contributed by atoms with Gasteiger partial charge in [0.25, 0.3) is 0 Å². The molecule has 0 radical (unpaired) electrons. The molecule has 17 heavy (non-hydrogen) atoms. The molecule has 0 amide bonds. The van der Waals surface area contributed by atoms with Crippen LogP contribution in [0.25, 0.3) is 5.57 Å². The first-order chi connectivity index (χ1) is 8.20. The van der Waals surface area contributed by atoms with Crippen molar-refractivity contribution in [3.05, 3.63) is 70.2 Å². The molecule has 2 aromatic rings. The van der Waals surface area contributed by atoms with Crippen molar-refractivity contribution in [1.82, 2.24) is 0 Å². The second kappa shape index (κ2) is 5.01. The zero-order chi connectivity index (χ0) is 12.3. The standard InChI is InChI=1S/C15H11ClO/c1-11-2-4-12(5-3-11)15(10-17)13-6-8-14(16)9-7-13/h2-9H,1H3. The number of rotatable bonds is 2. The molecule has 84 valence electrons. The Kier molecular flexibility index (Phi) is 3.43. The first-order valence-electron chi connectivity index (χ1n) is 5.29. The van der Waals surface area contributed by atoms with Crippen LogP contribution in [0.5, 0.6) is 0 Å². The second-order valence-electron chi connectivity index (χ2n) is 3.85. The predicted molar refractivity (Wildman–Crippen MR) is 70.8 cm³/mol. The Morgan fingerprint density at radius 2 is 1.41 bits per heavy atom. The molecule has 0 N–H and O–H groups in total. The summed E-state index contributed by atoms with van der Waals surface area (Å²) in [5, 5.41) is 0.655. The van der Waals surface area contributed by atoms with E-state index in [9.17, 15) is 4.79 Å². The Hall–Kier alpha value is -1.82. The summed E-state index contributed by atoms with van der Waals surface area (Å²) < 4.78 is 0. The van der Waals surface area contributed by atoms with E-state index in [1.807, 2.05) is 49.3 Å². The maximum absolute atomic E-state index is 11.1. The molecule has 2 heteroatoms. The van der Waals surface area contributed by atoms with Crippen LogP contribution in [0.4, 0.5) is 0 Å². The molecule has 2 aromatic carbocycles. The van der Waals surface area contributed by atoms with Crippen molar-refractivity contribution in [2.75, 3.05) is 0 Å². The van der Waals surface area contributed by atoms with Gasteiger partial charge in [-0.1, -0.05) is 53.6 Å². The third-order valence-corrected chi connectivity index (χ3v) is 2.83. The number of hydrogen-bond acceptors (Lipinski definition) is 1. The molecule has 0 fully saturated rings. The minimum absolute atomic E-state index is 0.557. The molecule has 0 saturated carbocycles. The van der Waals surface area contributed by atoms with E-state index in [1.165, 1.54) is 0 Å². The fourth-order valence-corrected chi connectivity index (χ4v) is 1.75. The molecule has 0 atom stereocenters. The first kappa shape index (κ1) is 11.7. The maximum Gasteiger partial charge on any atom is 0.133 e. The van der Waals surface area contributed by atoms with E-state index in [4.69, 9.17) is 11.6 Å². The summed E-state index contributed by atoms with van der Waals surface area (Å²) in [4.78, 5) is 11.1. The van der Waals surface area contributed by atoms with Gasteiger partial charge in [-0.2, -0.15) is 0 Å². The van der Waals surface area contributed by atoms with Crippen LogP contribution in [-0.4, -0.2) is 5.94 Å². The summed E-state index contributed by atoms with van der Waals surface area (Å²) in [7, 11) is 0. The Morgan fingerprint density at radius 1 is 0.941 bits per heavy atom. The molecule has 0 aromatic heterocycles. The minimum atomic E-state index is 0.557. The van der Waals surface area contributed by atoms with Gasteiger partial charge in [0.2, 0.25) is 0 Å². The van der Waals surface area contributed by atoms with E-state index >= 15 is 0 Å². The van der Waals surface area contributed by atoms with Crippen molar-refractivity contribution in [3.63, 3.8) is 0 Å². The predicted octanol–water partition coefficient (Wildman–Crippen LogP) is 3.91. The molecular weight excluding hydrogens is 232 g/mol. The van der Waals surface area contributed by atoms with Crippen LogP contribution in [0, 0.1) is 6.92 Å². The molecule has 0 bridgehead atoms. The zero-order valence-corrected chi connectivity index (χ0v) is 10.2. The van der Waals surface area contributed by atoms with E-state index < -0.39 is 0 Å². The lowest BCUT2D eigenvalue weighted by molar-refractivity contribution is 0.569. The van der Waals surface area contributed by atoms with Crippen molar-refractivity contribution in [3.8, 4) is 0 Å². The van der Waals surface area contributed by atoms with Crippen LogP contribution in [0.15, 0.2) is 48.5 Å². The van der Waals surface area contributed by atoms with Crippen LogP contribution < -0.4 is 0 Å². The maximum atomic E-state index is 11.1. The van der Waals surface area contributed by atoms with E-state index in [2.05, 4.69) is 0 Å². The molecule has 2 rings (SSSR count). The van der Waals surface area contributed by atoms with Crippen molar-refractivity contribution in [1.29, 1.82) is 0 Å². The molecular formula is C15H11ClO. The third-order valence-electron chi connectivity index (χ3n) is 2.58. The van der Waals surface area contributed by atoms with Gasteiger partial charge in [-0.05, 0) is 30.2 Å². The highest BCUT2D eigenvalue weighted by molar-refractivity contribution is 6.30. The van der Waals surface area contributed by atoms with Gasteiger partial charge in [0.1, 0.15) is 5.94 Å². The van der Waals surface area contributed by atoms with Gasteiger partial charge in [0.05, 0.1) is 5.57 Å². The molecule has 0 aliphatic heterocycles. The fraction of sp³-hybridized carbons (Fsp3) is 0.0667. The van der Waals surface area contributed by atoms with Gasteiger partial charge in [0, 0.05) is 5.02 Å². The Morgan fingerprint density at radius 3 is 1.88 bits per heavy atom. The fourth-order valence-electron chi connectivity index (χ4n) is 1.62. The van der Waals surface area contributed by atoms with Gasteiger partial charge < -0.3 is 0 Å². The minimum Gasteiger partial charge on any atom is -0.233 e. The average molecular weight is 243 g/mol. The quantitative estimate of drug-likeness (QED) is 0.730. The Bertz CT molecular complexity index is 513. The van der Waals surface area contributed by atoms with Crippen LogP contribution in [-0.2, 0) is 4.79 Å². The zero-order valence-electron chi connectivity index (χ0n) is 9.41. The van der Waals surface area contributed by atoms with Crippen LogP contribution >= 0.6 is 11.6 Å². The van der Waals surface area contributed by atoms with Crippen molar-refractivity contribution in [2.24, 2.45) is 0 Å². The summed E-state index contributed by atoms with van der Waals surface area (Å²) >= 11 is 5.82. The summed E-state index contributed by atoms with van der Waals surface area (Å²) in [5.74, 6) is 2.00. The highest BCUT2D eigenvalue weighted by atomic mass is 35.5. The molecule has 0 heterocycles. The normalized spacial score (nSPS) is 9.76. The monoisotopic (exact) mass is 242 g/mol. The molecule has 0 spiro atoms. The molecule has 0 unspecified atom stereocenters. The lowest BCUT2D eigenvalue weighted by Gasteiger charge is -2.04. The largest absolute Gasteiger partial charge is 0.233 e. The number of hydrogen-bond donors (Lipinski definition) is 0. The van der Waals surface area contributed by atoms with Gasteiger partial charge in [-0.15, -0.1) is 0 Å². The smallest absolute Gasteiger partial charge is 0.133 e. The summed E-state index contributed by atoms with van der Waals surface area (Å²) in [6.07, 6.45) is 0. The SMILES string of the molecule is Cc1ccc(C(=C=O)c2ccc(Cl)cc2)cc1. The second-order valence-corrected chi connectivity index (χ2v) is 4.29. The van der Waals surface area contributed by atoms with Gasteiger partial charge in [-0.3, -0.25) is 0 Å². The summed E-state index contributed by atoms with van der Waals surface area (Å²) in [6, 6.07) is 15.0. The number of halogens is 1. The first-order valence-corrected chi connectivity index (χ1v) is 5.66. The molecule has 0 saturated heterocycles. The van der Waals surface area contributed by atoms with Crippen LogP contribution in [0.3, 0.4) is 0 Å². The Labute approximate surface area is 105 Å². The van der Waals surface area contributed by atoms with Gasteiger partial charge in [-0.25, -0.2) is 4.79 Å². The summed E-state index contributed by atoms with van der Waals surface area (Å²) in [6.45, 7) is 2.01. The number of carbonyl (C=O) groups excluding carboxylic acids is 1. The third kappa shape index (κ3) is 2.65. The van der Waals surface area contributed by atoms with Crippen LogP contribution in [0.1, 0.15) is 16.7 Å². The van der Waals surface area contributed by atoms with E-state index in [0.717, 1.165) is 16.7 Å². The lowest BCUT2D eigenvalue weighted by Crippen LogP contribution is -1.88. The van der Waals surface area contributed by atoms with E-state index in [-0.39, 0.29) is 0 Å². The summed E-state index contributed by atoms with van der Waals surface area (Å²) in [5.41, 5.74) is 3.41. The average Bonchev–Trinajstić information content (AvgIpc) is 2.35. The van der Waals surface area contributed by atoms with Crippen molar-refractivity contribution in [2.45, 2.75) is 6.92 Å². The molecule has 0 aliphatic rings. The topological polar surface area (TPSA) is 17.1 Å². The highest BCUT2D eigenvalue weighted by Gasteiger charge is 2.05. The lowest BCUT2D eigenvalue weighted by atomic mass is 9.99. The van der Waals surface area contributed by atoms with Crippen LogP contribution in [0.2, 0.25) is 5.02 Å².